The number of nitrogens with one attached hydrogen (secondary N) is 1. The lowest BCUT2D eigenvalue weighted by Crippen LogP contribution is -2.51. The molecule has 0 aromatic heterocycles. The number of amides is 1. The molecule has 1 saturated heterocycles. The van der Waals surface area contributed by atoms with Gasteiger partial charge >= 0.3 is 5.97 Å². The predicted molar refractivity (Wildman–Crippen MR) is 65.9 cm³/mol. The monoisotopic (exact) mass is 258 g/mol. The summed E-state index contributed by atoms with van der Waals surface area (Å²) >= 11 is 0. The van der Waals surface area contributed by atoms with E-state index in [0.717, 1.165) is 13.0 Å². The van der Waals surface area contributed by atoms with E-state index < -0.39 is 0 Å². The number of ether oxygens (including phenoxy) is 1. The van der Waals surface area contributed by atoms with E-state index in [2.05, 4.69) is 10.1 Å². The highest BCUT2D eigenvalue weighted by Crippen LogP contribution is 2.19. The van der Waals surface area contributed by atoms with Gasteiger partial charge in [-0.1, -0.05) is 0 Å². The summed E-state index contributed by atoms with van der Waals surface area (Å²) in [6.45, 7) is 3.25. The topological polar surface area (TPSA) is 78.9 Å². The summed E-state index contributed by atoms with van der Waals surface area (Å²) in [7, 11) is 1.36. The number of methoxy groups -OCH3 is 1. The molecule has 0 aromatic rings. The molecule has 2 atom stereocenters. The summed E-state index contributed by atoms with van der Waals surface area (Å²) in [5.74, 6) is -0.0471. The zero-order chi connectivity index (χ0) is 13.5. The Balaban J connectivity index is 2.55. The minimum Gasteiger partial charge on any atom is -0.468 e. The SMILES string of the molecule is COC(=O)CN1CC(CCO)CC(NC(C)=O)C1. The number of esters is 1. The van der Waals surface area contributed by atoms with Crippen molar-refractivity contribution >= 4 is 11.9 Å². The van der Waals surface area contributed by atoms with Crippen LogP contribution in [0.25, 0.3) is 0 Å². The Bertz CT molecular complexity index is 296. The molecule has 0 aromatic carbocycles. The lowest BCUT2D eigenvalue weighted by Gasteiger charge is -2.37. The van der Waals surface area contributed by atoms with Gasteiger partial charge in [-0.05, 0) is 18.8 Å². The average Bonchev–Trinajstić information content (AvgIpc) is 2.28. The Morgan fingerprint density at radius 1 is 1.44 bits per heavy atom. The standard InChI is InChI=1S/C12H22N2O4/c1-9(16)13-11-5-10(3-4-15)6-14(7-11)8-12(17)18-2/h10-11,15H,3-8H2,1-2H3,(H,13,16). The predicted octanol–water partition coefficient (Wildman–Crippen LogP) is -0.632. The molecule has 1 amide bonds. The first-order chi connectivity index (χ1) is 8.55. The van der Waals surface area contributed by atoms with Gasteiger partial charge in [0.15, 0.2) is 0 Å². The molecule has 1 aliphatic rings. The van der Waals surface area contributed by atoms with Crippen LogP contribution in [0.15, 0.2) is 0 Å². The van der Waals surface area contributed by atoms with E-state index in [9.17, 15) is 9.59 Å². The Kier molecular flexibility index (Phi) is 6.07. The molecular formula is C12H22N2O4. The molecule has 1 heterocycles. The summed E-state index contributed by atoms with van der Waals surface area (Å²) in [6, 6.07) is 0.0393. The van der Waals surface area contributed by atoms with Crippen molar-refractivity contribution in [3.8, 4) is 0 Å². The van der Waals surface area contributed by atoms with E-state index in [1.807, 2.05) is 4.90 Å². The number of carbonyl (C=O) groups is 2. The van der Waals surface area contributed by atoms with E-state index in [4.69, 9.17) is 5.11 Å². The molecule has 0 spiro atoms. The normalized spacial score (nSPS) is 24.6. The molecule has 6 heteroatoms. The van der Waals surface area contributed by atoms with Crippen molar-refractivity contribution in [3.63, 3.8) is 0 Å². The van der Waals surface area contributed by atoms with Crippen LogP contribution in [0.1, 0.15) is 19.8 Å². The van der Waals surface area contributed by atoms with Crippen LogP contribution in [-0.2, 0) is 14.3 Å². The maximum Gasteiger partial charge on any atom is 0.319 e. The van der Waals surface area contributed by atoms with Crippen LogP contribution < -0.4 is 5.32 Å². The van der Waals surface area contributed by atoms with Crippen molar-refractivity contribution in [2.24, 2.45) is 5.92 Å². The van der Waals surface area contributed by atoms with Crippen molar-refractivity contribution in [2.45, 2.75) is 25.8 Å². The van der Waals surface area contributed by atoms with Crippen molar-refractivity contribution in [1.82, 2.24) is 10.2 Å². The molecule has 2 N–H and O–H groups in total. The van der Waals surface area contributed by atoms with Crippen LogP contribution in [0.5, 0.6) is 0 Å². The van der Waals surface area contributed by atoms with Crippen LogP contribution >= 0.6 is 0 Å². The second-order valence-corrected chi connectivity index (χ2v) is 4.78. The number of carbonyl (C=O) groups excluding carboxylic acids is 2. The molecule has 0 aliphatic carbocycles. The number of nitrogens with zero attached hydrogens (tertiary/aromatic N) is 1. The first-order valence-corrected chi connectivity index (χ1v) is 6.22. The summed E-state index contributed by atoms with van der Waals surface area (Å²) < 4.78 is 4.65. The second kappa shape index (κ2) is 7.33. The Morgan fingerprint density at radius 2 is 2.17 bits per heavy atom. The highest BCUT2D eigenvalue weighted by molar-refractivity contribution is 5.73. The third-order valence-electron chi connectivity index (χ3n) is 3.14. The molecule has 18 heavy (non-hydrogen) atoms. The highest BCUT2D eigenvalue weighted by Gasteiger charge is 2.28. The smallest absolute Gasteiger partial charge is 0.319 e. The van der Waals surface area contributed by atoms with Gasteiger partial charge in [0.05, 0.1) is 13.7 Å². The minimum absolute atomic E-state index is 0.0393. The van der Waals surface area contributed by atoms with Crippen LogP contribution in [0, 0.1) is 5.92 Å². The first kappa shape index (κ1) is 14.9. The maximum atomic E-state index is 11.3. The van der Waals surface area contributed by atoms with Crippen LogP contribution in [0.3, 0.4) is 0 Å². The van der Waals surface area contributed by atoms with Crippen molar-refractivity contribution < 1.29 is 19.4 Å². The van der Waals surface area contributed by atoms with Gasteiger partial charge < -0.3 is 15.2 Å². The Hall–Kier alpha value is -1.14. The molecule has 2 unspecified atom stereocenters. The first-order valence-electron chi connectivity index (χ1n) is 6.22. The second-order valence-electron chi connectivity index (χ2n) is 4.78. The van der Waals surface area contributed by atoms with Crippen LogP contribution in [-0.4, -0.2) is 61.3 Å². The van der Waals surface area contributed by atoms with Crippen molar-refractivity contribution in [3.05, 3.63) is 0 Å². The fourth-order valence-electron chi connectivity index (χ4n) is 2.46. The van der Waals surface area contributed by atoms with Gasteiger partial charge in [0, 0.05) is 32.7 Å². The largest absolute Gasteiger partial charge is 0.468 e. The third-order valence-corrected chi connectivity index (χ3v) is 3.14. The average molecular weight is 258 g/mol. The molecular weight excluding hydrogens is 236 g/mol. The van der Waals surface area contributed by atoms with E-state index >= 15 is 0 Å². The summed E-state index contributed by atoms with van der Waals surface area (Å²) in [6.07, 6.45) is 1.53. The van der Waals surface area contributed by atoms with Crippen molar-refractivity contribution in [2.75, 3.05) is 33.4 Å². The minimum atomic E-state index is -0.277. The van der Waals surface area contributed by atoms with Crippen LogP contribution in [0.2, 0.25) is 0 Å². The Morgan fingerprint density at radius 3 is 2.72 bits per heavy atom. The molecule has 1 fully saturated rings. The van der Waals surface area contributed by atoms with Crippen LogP contribution in [0.4, 0.5) is 0 Å². The molecule has 6 nitrogen and oxygen atoms in total. The van der Waals surface area contributed by atoms with E-state index in [0.29, 0.717) is 18.9 Å². The van der Waals surface area contributed by atoms with Gasteiger partial charge in [-0.15, -0.1) is 0 Å². The number of rotatable bonds is 5. The summed E-state index contributed by atoms with van der Waals surface area (Å²) in [4.78, 5) is 24.3. The number of aliphatic hydroxyl groups excluding tert-OH is 1. The van der Waals surface area contributed by atoms with Gasteiger partial charge in [0.1, 0.15) is 0 Å². The molecule has 1 rings (SSSR count). The van der Waals surface area contributed by atoms with E-state index in [1.165, 1.54) is 14.0 Å². The number of hydrogen-bond acceptors (Lipinski definition) is 5. The number of likely N-dealkylation sites (tertiary alicyclic amines) is 1. The summed E-state index contributed by atoms with van der Waals surface area (Å²) in [5.41, 5.74) is 0. The molecule has 0 bridgehead atoms. The van der Waals surface area contributed by atoms with Crippen molar-refractivity contribution in [1.29, 1.82) is 0 Å². The molecule has 0 radical (unpaired) electrons. The van der Waals surface area contributed by atoms with E-state index in [-0.39, 0.29) is 31.1 Å². The Labute approximate surface area is 107 Å². The molecule has 1 aliphatic heterocycles. The number of aliphatic hydroxyl groups is 1. The third kappa shape index (κ3) is 5.01. The van der Waals surface area contributed by atoms with Gasteiger partial charge in [-0.25, -0.2) is 0 Å². The quantitative estimate of drug-likeness (QED) is 0.642. The van der Waals surface area contributed by atoms with Gasteiger partial charge in [-0.2, -0.15) is 0 Å². The van der Waals surface area contributed by atoms with Gasteiger partial charge in [0.2, 0.25) is 5.91 Å². The zero-order valence-corrected chi connectivity index (χ0v) is 11.0. The maximum absolute atomic E-state index is 11.3. The molecule has 104 valence electrons. The van der Waals surface area contributed by atoms with Gasteiger partial charge in [0.25, 0.3) is 0 Å². The number of piperidine rings is 1. The summed E-state index contributed by atoms with van der Waals surface area (Å²) in [5, 5.41) is 11.9. The molecule has 0 saturated carbocycles. The highest BCUT2D eigenvalue weighted by atomic mass is 16.5. The fourth-order valence-corrected chi connectivity index (χ4v) is 2.46. The number of hydrogen-bond donors (Lipinski definition) is 2. The lowest BCUT2D eigenvalue weighted by atomic mass is 9.91. The lowest BCUT2D eigenvalue weighted by molar-refractivity contribution is -0.142. The van der Waals surface area contributed by atoms with E-state index in [1.54, 1.807) is 0 Å². The zero-order valence-electron chi connectivity index (χ0n) is 11.0. The fraction of sp³-hybridized carbons (Fsp3) is 0.833. The van der Waals surface area contributed by atoms with Gasteiger partial charge in [-0.3, -0.25) is 14.5 Å².